The highest BCUT2D eigenvalue weighted by Crippen LogP contribution is 2.32. The molecule has 0 saturated heterocycles. The monoisotopic (exact) mass is 191 g/mol. The van der Waals surface area contributed by atoms with E-state index in [0.717, 1.165) is 0 Å². The van der Waals surface area contributed by atoms with Gasteiger partial charge in [-0.25, -0.2) is 0 Å². The average Bonchev–Trinajstić information content (AvgIpc) is 2.20. The van der Waals surface area contributed by atoms with Gasteiger partial charge >= 0.3 is 0 Å². The summed E-state index contributed by atoms with van der Waals surface area (Å²) < 4.78 is 5.34. The highest BCUT2D eigenvalue weighted by atomic mass is 16.5. The molecule has 1 amide bonds. The van der Waals surface area contributed by atoms with Crippen LogP contribution in [0.5, 0.6) is 5.75 Å². The van der Waals surface area contributed by atoms with Gasteiger partial charge in [0.25, 0.3) is 0 Å². The first-order valence-electron chi connectivity index (χ1n) is 4.32. The van der Waals surface area contributed by atoms with Crippen LogP contribution < -0.4 is 10.1 Å². The summed E-state index contributed by atoms with van der Waals surface area (Å²) in [6.07, 6.45) is 0.968. The van der Waals surface area contributed by atoms with Crippen LogP contribution in [0.3, 0.4) is 0 Å². The number of benzene rings is 1. The maximum Gasteiger partial charge on any atom is 0.211 e. The van der Waals surface area contributed by atoms with Crippen molar-refractivity contribution in [2.75, 3.05) is 11.9 Å². The molecule has 1 aliphatic heterocycles. The first-order valence-corrected chi connectivity index (χ1v) is 4.32. The quantitative estimate of drug-likeness (QED) is 0.715. The molecular weight excluding hydrogens is 182 g/mol. The molecule has 4 nitrogen and oxygen atoms in total. The lowest BCUT2D eigenvalue weighted by molar-refractivity contribution is -0.105. The number of Topliss-reactive ketones (excluding diaryl/α,β-unsaturated/α-hetero) is 1. The van der Waals surface area contributed by atoms with E-state index in [0.29, 0.717) is 36.4 Å². The minimum Gasteiger partial charge on any atom is -0.490 e. The molecule has 0 fully saturated rings. The van der Waals surface area contributed by atoms with Crippen molar-refractivity contribution in [3.8, 4) is 5.75 Å². The zero-order chi connectivity index (χ0) is 9.97. The topological polar surface area (TPSA) is 55.4 Å². The standard InChI is InChI=1S/C10H9NO3/c12-6-11-8-3-1-2-7-9(13)4-5-14-10(7)8/h1-3,6H,4-5H2,(H,11,12). The molecule has 1 heterocycles. The second-order valence-corrected chi connectivity index (χ2v) is 2.97. The number of carbonyl (C=O) groups excluding carboxylic acids is 2. The lowest BCUT2D eigenvalue weighted by atomic mass is 10.0. The first-order chi connectivity index (χ1) is 6.83. The summed E-state index contributed by atoms with van der Waals surface area (Å²) in [5.41, 5.74) is 1.09. The van der Waals surface area contributed by atoms with Crippen LogP contribution in [0.1, 0.15) is 16.8 Å². The van der Waals surface area contributed by atoms with Crippen LogP contribution >= 0.6 is 0 Å². The Bertz CT molecular complexity index is 387. The largest absolute Gasteiger partial charge is 0.490 e. The fourth-order valence-electron chi connectivity index (χ4n) is 1.47. The van der Waals surface area contributed by atoms with Gasteiger partial charge in [-0.3, -0.25) is 9.59 Å². The van der Waals surface area contributed by atoms with Crippen LogP contribution in [0.2, 0.25) is 0 Å². The van der Waals surface area contributed by atoms with Crippen molar-refractivity contribution in [3.05, 3.63) is 23.8 Å². The third kappa shape index (κ3) is 1.35. The molecule has 0 atom stereocenters. The molecule has 0 aromatic heterocycles. The Morgan fingerprint density at radius 3 is 3.07 bits per heavy atom. The summed E-state index contributed by atoms with van der Waals surface area (Å²) in [5.74, 6) is 0.539. The van der Waals surface area contributed by atoms with Crippen LogP contribution in [-0.2, 0) is 4.79 Å². The Morgan fingerprint density at radius 2 is 2.29 bits per heavy atom. The normalized spacial score (nSPS) is 14.1. The van der Waals surface area contributed by atoms with Crippen LogP contribution in [0.15, 0.2) is 18.2 Å². The molecule has 4 heteroatoms. The van der Waals surface area contributed by atoms with Crippen molar-refractivity contribution in [3.63, 3.8) is 0 Å². The number of fused-ring (bicyclic) bond motifs is 1. The number of ketones is 1. The van der Waals surface area contributed by atoms with E-state index in [1.54, 1.807) is 18.2 Å². The Labute approximate surface area is 80.9 Å². The number of rotatable bonds is 2. The van der Waals surface area contributed by atoms with E-state index in [9.17, 15) is 9.59 Å². The number of hydrogen-bond acceptors (Lipinski definition) is 3. The molecule has 0 aliphatic carbocycles. The molecule has 72 valence electrons. The SMILES string of the molecule is O=CNc1cccc2c1OCCC2=O. The van der Waals surface area contributed by atoms with Crippen molar-refractivity contribution in [2.45, 2.75) is 6.42 Å². The minimum absolute atomic E-state index is 0.0563. The molecule has 0 saturated carbocycles. The molecule has 0 bridgehead atoms. The third-order valence-electron chi connectivity index (χ3n) is 2.11. The summed E-state index contributed by atoms with van der Waals surface area (Å²) in [4.78, 5) is 21.7. The molecule has 1 N–H and O–H groups in total. The Morgan fingerprint density at radius 1 is 1.43 bits per heavy atom. The molecule has 0 unspecified atom stereocenters. The fraction of sp³-hybridized carbons (Fsp3) is 0.200. The second-order valence-electron chi connectivity index (χ2n) is 2.97. The summed E-state index contributed by atoms with van der Waals surface area (Å²) >= 11 is 0. The summed E-state index contributed by atoms with van der Waals surface area (Å²) in [7, 11) is 0. The third-order valence-corrected chi connectivity index (χ3v) is 2.11. The van der Waals surface area contributed by atoms with E-state index < -0.39 is 0 Å². The zero-order valence-corrected chi connectivity index (χ0v) is 7.45. The highest BCUT2D eigenvalue weighted by Gasteiger charge is 2.20. The molecule has 0 spiro atoms. The molecule has 1 aromatic carbocycles. The van der Waals surface area contributed by atoms with Gasteiger partial charge in [-0.05, 0) is 12.1 Å². The van der Waals surface area contributed by atoms with Gasteiger partial charge in [-0.15, -0.1) is 0 Å². The minimum atomic E-state index is 0.0563. The van der Waals surface area contributed by atoms with Gasteiger partial charge in [0, 0.05) is 6.42 Å². The van der Waals surface area contributed by atoms with Gasteiger partial charge in [-0.2, -0.15) is 0 Å². The number of nitrogens with one attached hydrogen (secondary N) is 1. The smallest absolute Gasteiger partial charge is 0.211 e. The fourth-order valence-corrected chi connectivity index (χ4v) is 1.47. The van der Waals surface area contributed by atoms with E-state index in [-0.39, 0.29) is 5.78 Å². The van der Waals surface area contributed by atoms with E-state index in [2.05, 4.69) is 5.32 Å². The summed E-state index contributed by atoms with van der Waals surface area (Å²) in [5, 5.41) is 2.50. The van der Waals surface area contributed by atoms with Crippen LogP contribution in [0.4, 0.5) is 5.69 Å². The van der Waals surface area contributed by atoms with Crippen LogP contribution in [-0.4, -0.2) is 18.8 Å². The predicted octanol–water partition coefficient (Wildman–Crippen LogP) is 1.22. The molecular formula is C10H9NO3. The lowest BCUT2D eigenvalue weighted by Crippen LogP contribution is -2.16. The summed E-state index contributed by atoms with van der Waals surface area (Å²) in [6, 6.07) is 5.12. The maximum absolute atomic E-state index is 11.4. The van der Waals surface area contributed by atoms with E-state index >= 15 is 0 Å². The number of amides is 1. The van der Waals surface area contributed by atoms with Crippen molar-refractivity contribution in [1.29, 1.82) is 0 Å². The number of para-hydroxylation sites is 1. The molecule has 2 rings (SSSR count). The summed E-state index contributed by atoms with van der Waals surface area (Å²) in [6.45, 7) is 0.378. The maximum atomic E-state index is 11.4. The molecule has 1 aromatic rings. The zero-order valence-electron chi connectivity index (χ0n) is 7.45. The number of hydrogen-bond donors (Lipinski definition) is 1. The van der Waals surface area contributed by atoms with E-state index in [1.165, 1.54) is 0 Å². The first kappa shape index (κ1) is 8.74. The molecule has 14 heavy (non-hydrogen) atoms. The number of carbonyl (C=O) groups is 2. The van der Waals surface area contributed by atoms with Crippen molar-refractivity contribution >= 4 is 17.9 Å². The highest BCUT2D eigenvalue weighted by molar-refractivity contribution is 6.02. The molecule has 1 aliphatic rings. The number of ether oxygens (including phenoxy) is 1. The Kier molecular flexibility index (Phi) is 2.18. The van der Waals surface area contributed by atoms with Gasteiger partial charge in [0.1, 0.15) is 0 Å². The average molecular weight is 191 g/mol. The van der Waals surface area contributed by atoms with E-state index in [1.807, 2.05) is 0 Å². The van der Waals surface area contributed by atoms with Crippen LogP contribution in [0, 0.1) is 0 Å². The van der Waals surface area contributed by atoms with Crippen molar-refractivity contribution in [2.24, 2.45) is 0 Å². The number of anilines is 1. The Balaban J connectivity index is 2.49. The van der Waals surface area contributed by atoms with Crippen LogP contribution in [0.25, 0.3) is 0 Å². The molecule has 0 radical (unpaired) electrons. The Hall–Kier alpha value is -1.84. The predicted molar refractivity (Wildman–Crippen MR) is 50.6 cm³/mol. The van der Waals surface area contributed by atoms with Gasteiger partial charge in [0.05, 0.1) is 17.9 Å². The van der Waals surface area contributed by atoms with Gasteiger partial charge < -0.3 is 10.1 Å². The van der Waals surface area contributed by atoms with Gasteiger partial charge in [-0.1, -0.05) is 6.07 Å². The van der Waals surface area contributed by atoms with Gasteiger partial charge in [0.2, 0.25) is 6.41 Å². The van der Waals surface area contributed by atoms with Crippen molar-refractivity contribution < 1.29 is 14.3 Å². The van der Waals surface area contributed by atoms with Crippen molar-refractivity contribution in [1.82, 2.24) is 0 Å². The van der Waals surface area contributed by atoms with E-state index in [4.69, 9.17) is 4.74 Å². The van der Waals surface area contributed by atoms with Gasteiger partial charge in [0.15, 0.2) is 11.5 Å². The second kappa shape index (κ2) is 3.49. The lowest BCUT2D eigenvalue weighted by Gasteiger charge is -2.18.